The molecule has 9 heteroatoms. The monoisotopic (exact) mass is 618 g/mol. The van der Waals surface area contributed by atoms with Crippen LogP contribution in [0.4, 0.5) is 0 Å². The summed E-state index contributed by atoms with van der Waals surface area (Å²) in [6.07, 6.45) is 0. The number of primary amides is 1. The SMILES string of the molecule is CNC(=O)c1ccc(Cl)cc1Sc1csc2ccccc12.NC(=O)c1ccccc1Sc1csc2ccccc12. The number of fused-ring (bicyclic) bond motifs is 2. The largest absolute Gasteiger partial charge is 0.366 e. The lowest BCUT2D eigenvalue weighted by molar-refractivity contribution is 0.0958. The summed E-state index contributed by atoms with van der Waals surface area (Å²) in [6.45, 7) is 0. The minimum Gasteiger partial charge on any atom is -0.366 e. The molecule has 0 unspecified atom stereocenters. The molecule has 0 saturated carbocycles. The number of hydrogen-bond acceptors (Lipinski definition) is 6. The molecule has 2 amide bonds. The summed E-state index contributed by atoms with van der Waals surface area (Å²) in [4.78, 5) is 27.5. The molecule has 2 aromatic heterocycles. The third-order valence-corrected chi connectivity index (χ3v) is 10.6. The fourth-order valence-electron chi connectivity index (χ4n) is 3.96. The van der Waals surface area contributed by atoms with E-state index in [1.165, 1.54) is 20.2 Å². The summed E-state index contributed by atoms with van der Waals surface area (Å²) < 4.78 is 2.49. The smallest absolute Gasteiger partial charge is 0.252 e. The molecule has 40 heavy (non-hydrogen) atoms. The molecule has 3 N–H and O–H groups in total. The van der Waals surface area contributed by atoms with Gasteiger partial charge in [-0.2, -0.15) is 0 Å². The molecule has 0 bridgehead atoms. The number of carbonyl (C=O) groups is 2. The zero-order valence-corrected chi connectivity index (χ0v) is 25.2. The summed E-state index contributed by atoms with van der Waals surface area (Å²) in [5.74, 6) is -0.490. The van der Waals surface area contributed by atoms with E-state index in [-0.39, 0.29) is 11.8 Å². The van der Waals surface area contributed by atoms with Gasteiger partial charge in [0.1, 0.15) is 0 Å². The summed E-state index contributed by atoms with van der Waals surface area (Å²) in [5.41, 5.74) is 6.62. The standard InChI is InChI=1S/C16H12ClNOS2.C15H11NOS2/c1-18-16(19)12-7-6-10(17)8-14(12)21-15-9-20-13-5-3-2-4-11(13)15;16-15(17)11-6-2-4-8-13(11)19-14-9-18-12-7-3-1-5-10(12)14/h2-9H,1H3,(H,18,19);1-9H,(H2,16,17). The van der Waals surface area contributed by atoms with Crippen LogP contribution in [-0.4, -0.2) is 18.9 Å². The van der Waals surface area contributed by atoms with Crippen LogP contribution in [0, 0.1) is 0 Å². The Kier molecular flexibility index (Phi) is 9.14. The van der Waals surface area contributed by atoms with Crippen LogP contribution in [0.3, 0.4) is 0 Å². The van der Waals surface area contributed by atoms with Crippen molar-refractivity contribution in [2.75, 3.05) is 7.05 Å². The molecule has 0 saturated heterocycles. The van der Waals surface area contributed by atoms with E-state index in [0.29, 0.717) is 16.1 Å². The molecular weight excluding hydrogens is 596 g/mol. The first-order valence-corrected chi connectivity index (χ1v) is 15.9. The van der Waals surface area contributed by atoms with Crippen molar-refractivity contribution in [1.82, 2.24) is 5.32 Å². The number of thiophene rings is 2. The van der Waals surface area contributed by atoms with E-state index in [1.807, 2.05) is 48.5 Å². The summed E-state index contributed by atoms with van der Waals surface area (Å²) >= 11 is 12.7. The first-order chi connectivity index (χ1) is 19.4. The highest BCUT2D eigenvalue weighted by atomic mass is 35.5. The normalized spacial score (nSPS) is 10.8. The zero-order valence-electron chi connectivity index (χ0n) is 21.2. The highest BCUT2D eigenvalue weighted by molar-refractivity contribution is 8.00. The highest BCUT2D eigenvalue weighted by Crippen LogP contribution is 2.40. The van der Waals surface area contributed by atoms with E-state index >= 15 is 0 Å². The van der Waals surface area contributed by atoms with Crippen molar-refractivity contribution in [3.8, 4) is 0 Å². The number of hydrogen-bond donors (Lipinski definition) is 2. The third-order valence-electron chi connectivity index (χ3n) is 5.90. The Morgan fingerprint density at radius 3 is 1.85 bits per heavy atom. The Bertz CT molecular complexity index is 1830. The van der Waals surface area contributed by atoms with E-state index in [1.54, 1.807) is 71.4 Å². The number of nitrogens with two attached hydrogens (primary N) is 1. The third kappa shape index (κ3) is 6.37. The van der Waals surface area contributed by atoms with Gasteiger partial charge >= 0.3 is 0 Å². The van der Waals surface area contributed by atoms with E-state index in [0.717, 1.165) is 19.6 Å². The van der Waals surface area contributed by atoms with Crippen LogP contribution in [0.25, 0.3) is 20.2 Å². The molecule has 200 valence electrons. The lowest BCUT2D eigenvalue weighted by Gasteiger charge is -2.08. The van der Waals surface area contributed by atoms with Crippen LogP contribution in [0.1, 0.15) is 20.7 Å². The van der Waals surface area contributed by atoms with Gasteiger partial charge in [0.15, 0.2) is 0 Å². The van der Waals surface area contributed by atoms with Crippen molar-refractivity contribution >= 4 is 89.8 Å². The maximum atomic E-state index is 12.0. The van der Waals surface area contributed by atoms with Gasteiger partial charge in [0.25, 0.3) is 5.91 Å². The lowest BCUT2D eigenvalue weighted by Crippen LogP contribution is -2.18. The van der Waals surface area contributed by atoms with Crippen molar-refractivity contribution < 1.29 is 9.59 Å². The van der Waals surface area contributed by atoms with E-state index in [2.05, 4.69) is 40.3 Å². The van der Waals surface area contributed by atoms with E-state index < -0.39 is 0 Å². The van der Waals surface area contributed by atoms with Crippen LogP contribution in [-0.2, 0) is 0 Å². The van der Waals surface area contributed by atoms with Gasteiger partial charge in [-0.05, 0) is 42.5 Å². The van der Waals surface area contributed by atoms with Gasteiger partial charge < -0.3 is 11.1 Å². The summed E-state index contributed by atoms with van der Waals surface area (Å²) in [5, 5.41) is 9.95. The Hall–Kier alpha value is -3.27. The minimum absolute atomic E-state index is 0.103. The molecule has 0 radical (unpaired) electrons. The Morgan fingerprint density at radius 1 is 0.700 bits per heavy atom. The van der Waals surface area contributed by atoms with E-state index in [4.69, 9.17) is 17.3 Å². The van der Waals surface area contributed by atoms with Gasteiger partial charge in [-0.1, -0.05) is 83.7 Å². The van der Waals surface area contributed by atoms with Crippen LogP contribution in [0.2, 0.25) is 5.02 Å². The predicted octanol–water partition coefficient (Wildman–Crippen LogP) is 9.22. The molecule has 4 aromatic carbocycles. The van der Waals surface area contributed by atoms with Gasteiger partial charge in [0, 0.05) is 62.6 Å². The Labute approximate surface area is 253 Å². The number of nitrogens with one attached hydrogen (secondary N) is 1. The first kappa shape index (κ1) is 28.3. The van der Waals surface area contributed by atoms with Crippen LogP contribution in [0.15, 0.2) is 121 Å². The Balaban J connectivity index is 0.000000162. The lowest BCUT2D eigenvalue weighted by atomic mass is 10.2. The minimum atomic E-state index is -0.386. The molecule has 0 fully saturated rings. The van der Waals surface area contributed by atoms with Crippen molar-refractivity contribution in [2.24, 2.45) is 5.73 Å². The fourth-order valence-corrected chi connectivity index (χ4v) is 8.58. The molecule has 0 aliphatic carbocycles. The van der Waals surface area contributed by atoms with Crippen molar-refractivity contribution in [3.63, 3.8) is 0 Å². The van der Waals surface area contributed by atoms with Crippen molar-refractivity contribution in [2.45, 2.75) is 19.6 Å². The second kappa shape index (κ2) is 12.9. The maximum Gasteiger partial charge on any atom is 0.252 e. The van der Waals surface area contributed by atoms with Gasteiger partial charge in [-0.25, -0.2) is 0 Å². The van der Waals surface area contributed by atoms with Crippen LogP contribution in [0.5, 0.6) is 0 Å². The molecule has 0 aliphatic heterocycles. The second-order valence-corrected chi connectivity index (χ2v) is 12.9. The van der Waals surface area contributed by atoms with Gasteiger partial charge in [-0.15, -0.1) is 22.7 Å². The number of rotatable bonds is 6. The maximum absolute atomic E-state index is 12.0. The van der Waals surface area contributed by atoms with Crippen molar-refractivity contribution in [3.05, 3.63) is 118 Å². The number of amides is 2. The predicted molar refractivity (Wildman–Crippen MR) is 172 cm³/mol. The molecule has 0 spiro atoms. The zero-order chi connectivity index (χ0) is 28.1. The molecular formula is C31H23ClN2O2S4. The molecule has 0 atom stereocenters. The van der Waals surface area contributed by atoms with Crippen LogP contribution < -0.4 is 11.1 Å². The summed E-state index contributed by atoms with van der Waals surface area (Å²) in [6, 6.07) is 29.3. The number of halogens is 1. The Morgan fingerprint density at radius 2 is 1.25 bits per heavy atom. The second-order valence-electron chi connectivity index (χ2n) is 8.48. The number of carbonyl (C=O) groups excluding carboxylic acids is 2. The van der Waals surface area contributed by atoms with Gasteiger partial charge in [0.05, 0.1) is 11.1 Å². The molecule has 6 rings (SSSR count). The quantitative estimate of drug-likeness (QED) is 0.195. The topological polar surface area (TPSA) is 72.2 Å². The highest BCUT2D eigenvalue weighted by Gasteiger charge is 2.14. The van der Waals surface area contributed by atoms with E-state index in [9.17, 15) is 9.59 Å². The van der Waals surface area contributed by atoms with Gasteiger partial charge in [-0.3, -0.25) is 9.59 Å². The number of benzene rings is 4. The molecule has 2 heterocycles. The van der Waals surface area contributed by atoms with Crippen LogP contribution >= 0.6 is 57.8 Å². The average molecular weight is 619 g/mol. The fraction of sp³-hybridized carbons (Fsp3) is 0.0323. The molecule has 4 nitrogen and oxygen atoms in total. The van der Waals surface area contributed by atoms with Gasteiger partial charge in [0.2, 0.25) is 5.91 Å². The summed E-state index contributed by atoms with van der Waals surface area (Å²) in [7, 11) is 1.63. The van der Waals surface area contributed by atoms with Crippen molar-refractivity contribution in [1.29, 1.82) is 0 Å². The molecule has 0 aliphatic rings. The molecule has 6 aromatic rings. The first-order valence-electron chi connectivity index (χ1n) is 12.1. The average Bonchev–Trinajstić information content (AvgIpc) is 3.57.